The van der Waals surface area contributed by atoms with Gasteiger partial charge in [0.15, 0.2) is 6.04 Å². The van der Waals surface area contributed by atoms with E-state index in [2.05, 4.69) is 10.3 Å². The predicted octanol–water partition coefficient (Wildman–Crippen LogP) is 1.85. The van der Waals surface area contributed by atoms with Gasteiger partial charge >= 0.3 is 5.97 Å². The molecule has 0 aromatic carbocycles. The van der Waals surface area contributed by atoms with Crippen LogP contribution in [0.2, 0.25) is 0 Å². The molecule has 0 aliphatic heterocycles. The van der Waals surface area contributed by atoms with Crippen LogP contribution in [0.4, 0.5) is 0 Å². The molecule has 19 heavy (non-hydrogen) atoms. The normalized spacial score (nSPS) is 12.6. The average molecular weight is 264 g/mol. The predicted molar refractivity (Wildman–Crippen MR) is 71.2 cm³/mol. The summed E-state index contributed by atoms with van der Waals surface area (Å²) in [7, 11) is 0. The van der Waals surface area contributed by atoms with Gasteiger partial charge < -0.3 is 10.1 Å². The topological polar surface area (TPSA) is 68.3 Å². The highest BCUT2D eigenvalue weighted by Gasteiger charge is 2.29. The van der Waals surface area contributed by atoms with Gasteiger partial charge in [-0.3, -0.25) is 9.78 Å². The van der Waals surface area contributed by atoms with Crippen molar-refractivity contribution in [3.8, 4) is 0 Å². The van der Waals surface area contributed by atoms with E-state index in [0.29, 0.717) is 5.56 Å². The van der Waals surface area contributed by atoms with Crippen molar-refractivity contribution < 1.29 is 14.3 Å². The summed E-state index contributed by atoms with van der Waals surface area (Å²) in [6.07, 6.45) is 3.15. The number of amides is 1. The number of aromatic nitrogens is 1. The summed E-state index contributed by atoms with van der Waals surface area (Å²) in [6, 6.07) is 2.63. The highest BCUT2D eigenvalue weighted by atomic mass is 16.5. The summed E-state index contributed by atoms with van der Waals surface area (Å²) in [5, 5.41) is 2.70. The largest absolute Gasteiger partial charge is 0.464 e. The highest BCUT2D eigenvalue weighted by molar-refractivity contribution is 5.88. The Balaban J connectivity index is 2.94. The zero-order valence-corrected chi connectivity index (χ0v) is 11.8. The Hall–Kier alpha value is -1.91. The zero-order chi connectivity index (χ0) is 14.5. The van der Waals surface area contributed by atoms with E-state index in [0.717, 1.165) is 0 Å². The van der Waals surface area contributed by atoms with E-state index in [4.69, 9.17) is 4.74 Å². The summed E-state index contributed by atoms with van der Waals surface area (Å²) >= 11 is 0. The summed E-state index contributed by atoms with van der Waals surface area (Å²) in [5.74, 6) is -0.692. The number of nitrogens with one attached hydrogen (secondary N) is 1. The smallest absolute Gasteiger partial charge is 0.333 e. The molecule has 1 aromatic heterocycles. The van der Waals surface area contributed by atoms with Gasteiger partial charge in [-0.25, -0.2) is 4.79 Å². The van der Waals surface area contributed by atoms with Crippen molar-refractivity contribution >= 4 is 11.9 Å². The molecular weight excluding hydrogens is 244 g/mol. The van der Waals surface area contributed by atoms with Crippen molar-refractivity contribution in [3.05, 3.63) is 30.1 Å². The van der Waals surface area contributed by atoms with Crippen molar-refractivity contribution in [1.82, 2.24) is 10.3 Å². The number of carbonyl (C=O) groups is 2. The van der Waals surface area contributed by atoms with Crippen LogP contribution >= 0.6 is 0 Å². The van der Waals surface area contributed by atoms with Crippen LogP contribution in [-0.4, -0.2) is 23.5 Å². The molecular formula is C14H20N2O3. The Morgan fingerprint density at radius 2 is 2.11 bits per heavy atom. The zero-order valence-electron chi connectivity index (χ0n) is 11.8. The highest BCUT2D eigenvalue weighted by Crippen LogP contribution is 2.18. The third kappa shape index (κ3) is 4.35. The molecule has 0 saturated carbocycles. The Morgan fingerprint density at radius 3 is 2.58 bits per heavy atom. The molecule has 1 atom stereocenters. The minimum Gasteiger partial charge on any atom is -0.464 e. The van der Waals surface area contributed by atoms with E-state index in [-0.39, 0.29) is 12.5 Å². The summed E-state index contributed by atoms with van der Waals surface area (Å²) in [6.45, 7) is 7.35. The van der Waals surface area contributed by atoms with Gasteiger partial charge in [0.2, 0.25) is 5.91 Å². The van der Waals surface area contributed by atoms with Crippen LogP contribution in [0.3, 0.4) is 0 Å². The quantitative estimate of drug-likeness (QED) is 0.843. The molecule has 1 aromatic rings. The maximum Gasteiger partial charge on any atom is 0.333 e. The fourth-order valence-electron chi connectivity index (χ4n) is 1.40. The van der Waals surface area contributed by atoms with Gasteiger partial charge in [-0.15, -0.1) is 0 Å². The summed E-state index contributed by atoms with van der Waals surface area (Å²) in [4.78, 5) is 27.9. The minimum atomic E-state index is -0.819. The number of ether oxygens (including phenoxy) is 1. The van der Waals surface area contributed by atoms with Gasteiger partial charge in [0, 0.05) is 23.4 Å². The molecule has 0 aliphatic rings. The van der Waals surface area contributed by atoms with Gasteiger partial charge in [-0.05, 0) is 13.0 Å². The molecule has 1 heterocycles. The lowest BCUT2D eigenvalue weighted by Gasteiger charge is -2.23. The molecule has 0 aliphatic carbocycles. The molecule has 0 bridgehead atoms. The molecule has 104 valence electrons. The lowest BCUT2D eigenvalue weighted by atomic mass is 9.94. The van der Waals surface area contributed by atoms with E-state index in [1.54, 1.807) is 52.2 Å². The van der Waals surface area contributed by atoms with Gasteiger partial charge in [-0.1, -0.05) is 26.8 Å². The number of pyridine rings is 1. The second-order valence-corrected chi connectivity index (χ2v) is 5.19. The monoisotopic (exact) mass is 264 g/mol. The van der Waals surface area contributed by atoms with Crippen LogP contribution in [0.25, 0.3) is 0 Å². The molecule has 1 rings (SSSR count). The van der Waals surface area contributed by atoms with Crippen LogP contribution in [-0.2, 0) is 14.3 Å². The van der Waals surface area contributed by atoms with Gasteiger partial charge in [-0.2, -0.15) is 0 Å². The number of nitrogens with zero attached hydrogens (tertiary/aromatic N) is 1. The second kappa shape index (κ2) is 6.31. The van der Waals surface area contributed by atoms with Gasteiger partial charge in [0.1, 0.15) is 0 Å². The van der Waals surface area contributed by atoms with Crippen LogP contribution in [0, 0.1) is 5.41 Å². The maximum atomic E-state index is 12.0. The molecule has 1 amide bonds. The Morgan fingerprint density at radius 1 is 1.42 bits per heavy atom. The first-order valence-electron chi connectivity index (χ1n) is 6.23. The molecule has 0 spiro atoms. The van der Waals surface area contributed by atoms with E-state index >= 15 is 0 Å². The Bertz CT molecular complexity index is 438. The second-order valence-electron chi connectivity index (χ2n) is 5.19. The van der Waals surface area contributed by atoms with Crippen molar-refractivity contribution in [2.24, 2.45) is 5.41 Å². The fraction of sp³-hybridized carbons (Fsp3) is 0.500. The third-order valence-electron chi connectivity index (χ3n) is 2.50. The van der Waals surface area contributed by atoms with Crippen molar-refractivity contribution in [2.75, 3.05) is 6.61 Å². The number of hydrogen-bond donors (Lipinski definition) is 1. The van der Waals surface area contributed by atoms with Crippen molar-refractivity contribution in [3.63, 3.8) is 0 Å². The molecule has 0 radical (unpaired) electrons. The number of rotatable bonds is 4. The average Bonchev–Trinajstić information content (AvgIpc) is 2.35. The third-order valence-corrected chi connectivity index (χ3v) is 2.50. The van der Waals surface area contributed by atoms with E-state index in [9.17, 15) is 9.59 Å². The lowest BCUT2D eigenvalue weighted by Crippen LogP contribution is -2.41. The van der Waals surface area contributed by atoms with E-state index < -0.39 is 17.4 Å². The standard InChI is InChI=1S/C14H20N2O3/c1-5-19-12(17)11(10-7-6-8-15-9-10)16-13(18)14(2,3)4/h6-9,11H,5H2,1-4H3,(H,16,18). The molecule has 0 saturated heterocycles. The molecule has 1 unspecified atom stereocenters. The van der Waals surface area contributed by atoms with Crippen LogP contribution in [0.5, 0.6) is 0 Å². The Labute approximate surface area is 113 Å². The van der Waals surface area contributed by atoms with E-state index in [1.807, 2.05) is 0 Å². The number of hydrogen-bond acceptors (Lipinski definition) is 4. The first-order valence-corrected chi connectivity index (χ1v) is 6.23. The van der Waals surface area contributed by atoms with Gasteiger partial charge in [0.25, 0.3) is 0 Å². The van der Waals surface area contributed by atoms with Crippen LogP contribution in [0.15, 0.2) is 24.5 Å². The summed E-state index contributed by atoms with van der Waals surface area (Å²) in [5.41, 5.74) is 0.0333. The SMILES string of the molecule is CCOC(=O)C(NC(=O)C(C)(C)C)c1cccnc1. The minimum absolute atomic E-state index is 0.214. The van der Waals surface area contributed by atoms with Crippen LogP contribution in [0.1, 0.15) is 39.3 Å². The molecule has 5 nitrogen and oxygen atoms in total. The van der Waals surface area contributed by atoms with Gasteiger partial charge in [0.05, 0.1) is 6.61 Å². The van der Waals surface area contributed by atoms with Crippen molar-refractivity contribution in [1.29, 1.82) is 0 Å². The van der Waals surface area contributed by atoms with E-state index in [1.165, 1.54) is 0 Å². The first kappa shape index (κ1) is 15.1. The number of esters is 1. The molecule has 5 heteroatoms. The molecule has 1 N–H and O–H groups in total. The summed E-state index contributed by atoms with van der Waals surface area (Å²) < 4.78 is 4.99. The first-order chi connectivity index (χ1) is 8.86. The maximum absolute atomic E-state index is 12.0. The van der Waals surface area contributed by atoms with Crippen molar-refractivity contribution in [2.45, 2.75) is 33.7 Å². The Kier molecular flexibility index (Phi) is 5.03. The molecule has 0 fully saturated rings. The number of carbonyl (C=O) groups excluding carboxylic acids is 2. The lowest BCUT2D eigenvalue weighted by molar-refractivity contribution is -0.148. The van der Waals surface area contributed by atoms with Crippen LogP contribution < -0.4 is 5.32 Å². The fourth-order valence-corrected chi connectivity index (χ4v) is 1.40.